The minimum Gasteiger partial charge on any atom is -0.489 e. The van der Waals surface area contributed by atoms with E-state index in [1.807, 2.05) is 0 Å². The molecule has 1 N–H and O–H groups in total. The first-order valence-electron chi connectivity index (χ1n) is 11.0. The van der Waals surface area contributed by atoms with Crippen molar-refractivity contribution in [1.29, 1.82) is 0 Å². The zero-order valence-corrected chi connectivity index (χ0v) is 20.0. The van der Waals surface area contributed by atoms with Gasteiger partial charge in [0.15, 0.2) is 0 Å². The van der Waals surface area contributed by atoms with Crippen LogP contribution in [-0.4, -0.2) is 35.1 Å². The van der Waals surface area contributed by atoms with E-state index in [1.54, 1.807) is 45.0 Å². The molecule has 0 saturated heterocycles. The number of hydrogen-bond donors (Lipinski definition) is 1. The summed E-state index contributed by atoms with van der Waals surface area (Å²) < 4.78 is 39.8. The molecule has 0 aliphatic carbocycles. The highest BCUT2D eigenvalue weighted by atomic mass is 19.1. The number of carbonyl (C=O) groups excluding carboxylic acids is 2. The molecule has 0 aromatic heterocycles. The number of anilines is 1. The Hall–Kier alpha value is -4.27. The van der Waals surface area contributed by atoms with Crippen LogP contribution in [-0.2, 0) is 16.1 Å². The van der Waals surface area contributed by atoms with Gasteiger partial charge in [-0.1, -0.05) is 24.3 Å². The minimum atomic E-state index is -1.06. The van der Waals surface area contributed by atoms with Crippen molar-refractivity contribution in [2.45, 2.75) is 33.0 Å². The molecule has 0 saturated carbocycles. The van der Waals surface area contributed by atoms with Gasteiger partial charge in [-0.2, -0.15) is 0 Å². The largest absolute Gasteiger partial charge is 0.489 e. The number of aromatic carboxylic acids is 1. The second-order valence-electron chi connectivity index (χ2n) is 8.86. The van der Waals surface area contributed by atoms with Gasteiger partial charge < -0.3 is 14.6 Å². The molecule has 0 aliphatic heterocycles. The van der Waals surface area contributed by atoms with Crippen molar-refractivity contribution >= 4 is 23.5 Å². The lowest BCUT2D eigenvalue weighted by Gasteiger charge is -2.26. The van der Waals surface area contributed by atoms with E-state index in [4.69, 9.17) is 14.6 Å². The van der Waals surface area contributed by atoms with Crippen molar-refractivity contribution < 1.29 is 37.7 Å². The van der Waals surface area contributed by atoms with E-state index in [-0.39, 0.29) is 17.9 Å². The Kier molecular flexibility index (Phi) is 8.03. The first-order valence-corrected chi connectivity index (χ1v) is 11.0. The number of rotatable bonds is 8. The number of hydrogen-bond acceptors (Lipinski definition) is 5. The van der Waals surface area contributed by atoms with Crippen LogP contribution in [0.4, 0.5) is 14.5 Å². The molecule has 0 aliphatic rings. The molecule has 3 aromatic carbocycles. The summed E-state index contributed by atoms with van der Waals surface area (Å²) in [5.41, 5.74) is -0.646. The van der Waals surface area contributed by atoms with Gasteiger partial charge in [0.25, 0.3) is 5.91 Å². The van der Waals surface area contributed by atoms with Crippen molar-refractivity contribution in [3.05, 3.63) is 95.1 Å². The van der Waals surface area contributed by atoms with Gasteiger partial charge in [0.1, 0.15) is 41.7 Å². The zero-order chi connectivity index (χ0) is 26.5. The van der Waals surface area contributed by atoms with Crippen molar-refractivity contribution in [2.75, 3.05) is 11.4 Å². The average Bonchev–Trinajstić information content (AvgIpc) is 2.80. The molecule has 0 spiro atoms. The van der Waals surface area contributed by atoms with Crippen molar-refractivity contribution in [3.8, 4) is 5.75 Å². The molecule has 3 rings (SSSR count). The first-order chi connectivity index (χ1) is 16.9. The average molecular weight is 497 g/mol. The molecular formula is C27H25F2NO6. The van der Waals surface area contributed by atoms with Crippen LogP contribution >= 0.6 is 0 Å². The highest BCUT2D eigenvalue weighted by molar-refractivity contribution is 6.08. The Labute approximate surface area is 206 Å². The molecule has 0 atom stereocenters. The molecule has 0 bridgehead atoms. The molecule has 1 amide bonds. The molecule has 188 valence electrons. The van der Waals surface area contributed by atoms with Crippen LogP contribution < -0.4 is 9.64 Å². The summed E-state index contributed by atoms with van der Waals surface area (Å²) in [4.78, 5) is 37.7. The van der Waals surface area contributed by atoms with Gasteiger partial charge in [0, 0.05) is 11.8 Å². The highest BCUT2D eigenvalue weighted by Crippen LogP contribution is 2.26. The van der Waals surface area contributed by atoms with Crippen LogP contribution in [0.2, 0.25) is 0 Å². The molecule has 0 unspecified atom stereocenters. The topological polar surface area (TPSA) is 93.1 Å². The summed E-state index contributed by atoms with van der Waals surface area (Å²) in [5, 5.41) is 9.01. The zero-order valence-electron chi connectivity index (χ0n) is 20.0. The van der Waals surface area contributed by atoms with E-state index in [9.17, 15) is 23.2 Å². The lowest BCUT2D eigenvalue weighted by Crippen LogP contribution is -2.39. The van der Waals surface area contributed by atoms with Gasteiger partial charge in [-0.25, -0.2) is 13.6 Å². The summed E-state index contributed by atoms with van der Waals surface area (Å²) in [6.45, 7) is 4.47. The van der Waals surface area contributed by atoms with E-state index >= 15 is 0 Å². The number of carboxylic acids is 1. The predicted molar refractivity (Wildman–Crippen MR) is 128 cm³/mol. The van der Waals surface area contributed by atoms with E-state index in [1.165, 1.54) is 24.3 Å². The van der Waals surface area contributed by atoms with Crippen molar-refractivity contribution in [1.82, 2.24) is 0 Å². The fourth-order valence-electron chi connectivity index (χ4n) is 3.27. The van der Waals surface area contributed by atoms with Crippen LogP contribution in [0.1, 0.15) is 47.1 Å². The van der Waals surface area contributed by atoms with Gasteiger partial charge in [-0.15, -0.1) is 0 Å². The maximum absolute atomic E-state index is 14.4. The lowest BCUT2D eigenvalue weighted by atomic mass is 10.1. The number of esters is 1. The number of ether oxygens (including phenoxy) is 2. The number of benzene rings is 3. The summed E-state index contributed by atoms with van der Waals surface area (Å²) >= 11 is 0. The Morgan fingerprint density at radius 1 is 0.917 bits per heavy atom. The number of carbonyl (C=O) groups is 3. The van der Waals surface area contributed by atoms with Crippen LogP contribution in [0.15, 0.2) is 66.7 Å². The summed E-state index contributed by atoms with van der Waals surface area (Å²) in [5.74, 6) is -4.69. The normalized spacial score (nSPS) is 11.0. The summed E-state index contributed by atoms with van der Waals surface area (Å²) in [7, 11) is 0. The van der Waals surface area contributed by atoms with Gasteiger partial charge >= 0.3 is 11.9 Å². The molecule has 0 radical (unpaired) electrons. The van der Waals surface area contributed by atoms with Crippen LogP contribution in [0.25, 0.3) is 0 Å². The van der Waals surface area contributed by atoms with Crippen LogP contribution in [0.5, 0.6) is 5.75 Å². The van der Waals surface area contributed by atoms with Crippen molar-refractivity contribution in [3.63, 3.8) is 0 Å². The van der Waals surface area contributed by atoms with Crippen molar-refractivity contribution in [2.24, 2.45) is 0 Å². The third-order valence-electron chi connectivity index (χ3n) is 4.86. The van der Waals surface area contributed by atoms with E-state index in [0.717, 1.165) is 23.1 Å². The molecule has 36 heavy (non-hydrogen) atoms. The Morgan fingerprint density at radius 3 is 2.11 bits per heavy atom. The van der Waals surface area contributed by atoms with Gasteiger partial charge in [-0.05, 0) is 62.7 Å². The summed E-state index contributed by atoms with van der Waals surface area (Å²) in [6, 6.07) is 15.3. The number of nitrogens with zero attached hydrogens (tertiary/aromatic N) is 1. The second kappa shape index (κ2) is 11.0. The van der Waals surface area contributed by atoms with Gasteiger partial charge in [-0.3, -0.25) is 14.5 Å². The fourth-order valence-corrected chi connectivity index (χ4v) is 3.27. The second-order valence-corrected chi connectivity index (χ2v) is 8.86. The SMILES string of the molecule is CC(C)(C)OC(=O)CN(C(=O)c1c(F)cccc1F)c1cccc(OCc2ccc(C(=O)O)cc2)c1. The Bertz CT molecular complexity index is 1250. The quantitative estimate of drug-likeness (QED) is 0.429. The molecule has 9 heteroatoms. The molecule has 0 fully saturated rings. The molecular weight excluding hydrogens is 472 g/mol. The summed E-state index contributed by atoms with van der Waals surface area (Å²) in [6.07, 6.45) is 0. The maximum Gasteiger partial charge on any atom is 0.335 e. The Balaban J connectivity index is 1.88. The number of carboxylic acid groups (broad SMARTS) is 1. The predicted octanol–water partition coefficient (Wildman–Crippen LogP) is 5.23. The van der Waals surface area contributed by atoms with E-state index < -0.39 is 47.2 Å². The lowest BCUT2D eigenvalue weighted by molar-refractivity contribution is -0.152. The first kappa shape index (κ1) is 26.3. The van der Waals surface area contributed by atoms with Gasteiger partial charge in [0.2, 0.25) is 0 Å². The molecule has 3 aromatic rings. The third-order valence-corrected chi connectivity index (χ3v) is 4.86. The molecule has 7 nitrogen and oxygen atoms in total. The smallest absolute Gasteiger partial charge is 0.335 e. The van der Waals surface area contributed by atoms with Crippen LogP contribution in [0.3, 0.4) is 0 Å². The minimum absolute atomic E-state index is 0.0886. The number of halogens is 2. The van der Waals surface area contributed by atoms with Crippen LogP contribution in [0, 0.1) is 11.6 Å². The van der Waals surface area contributed by atoms with E-state index in [0.29, 0.717) is 11.3 Å². The number of amides is 1. The Morgan fingerprint density at radius 2 is 1.53 bits per heavy atom. The third kappa shape index (κ3) is 6.88. The van der Waals surface area contributed by atoms with Gasteiger partial charge in [0.05, 0.1) is 5.56 Å². The maximum atomic E-state index is 14.4. The molecule has 0 heterocycles. The fraction of sp³-hybridized carbons (Fsp3) is 0.222. The van der Waals surface area contributed by atoms with E-state index in [2.05, 4.69) is 0 Å². The standard InChI is InChI=1S/C27H25F2NO6/c1-27(2,3)36-23(31)15-30(25(32)24-21(28)8-5-9-22(24)29)19-6-4-7-20(14-19)35-16-17-10-12-18(13-11-17)26(33)34/h4-14H,15-16H2,1-3H3,(H,33,34). The highest BCUT2D eigenvalue weighted by Gasteiger charge is 2.28. The monoisotopic (exact) mass is 497 g/mol.